The molecule has 0 radical (unpaired) electrons. The summed E-state index contributed by atoms with van der Waals surface area (Å²) in [6.07, 6.45) is 4.98. The van der Waals surface area contributed by atoms with E-state index in [-0.39, 0.29) is 16.9 Å². The van der Waals surface area contributed by atoms with Crippen molar-refractivity contribution in [3.63, 3.8) is 0 Å². The van der Waals surface area contributed by atoms with Gasteiger partial charge in [-0.1, -0.05) is 6.08 Å². The van der Waals surface area contributed by atoms with Crippen LogP contribution in [0.5, 0.6) is 0 Å². The Kier molecular flexibility index (Phi) is 5.34. The first-order chi connectivity index (χ1) is 8.49. The highest BCUT2D eigenvalue weighted by atomic mass is 79.9. The maximum Gasteiger partial charge on any atom is 0.259 e. The number of nitrogens with one attached hydrogen (secondary N) is 1. The normalized spacial score (nSPS) is 10.2. The van der Waals surface area contributed by atoms with E-state index in [1.165, 1.54) is 6.20 Å². The number of amides is 1. The molecule has 1 aromatic rings. The van der Waals surface area contributed by atoms with Crippen LogP contribution in [-0.2, 0) is 0 Å². The lowest BCUT2D eigenvalue weighted by Crippen LogP contribution is -2.32. The van der Waals surface area contributed by atoms with Gasteiger partial charge < -0.3 is 9.88 Å². The molecule has 0 aliphatic rings. The van der Waals surface area contributed by atoms with Gasteiger partial charge >= 0.3 is 0 Å². The molecule has 1 N–H and O–H groups in total. The minimum atomic E-state index is -0.271. The summed E-state index contributed by atoms with van der Waals surface area (Å²) in [5.41, 5.74) is 0.603. The Morgan fingerprint density at radius 3 is 2.89 bits per heavy atom. The van der Waals surface area contributed by atoms with Gasteiger partial charge in [0.25, 0.3) is 5.91 Å². The summed E-state index contributed by atoms with van der Waals surface area (Å²) in [4.78, 5) is 28.5. The van der Waals surface area contributed by atoms with Crippen molar-refractivity contribution in [3.05, 3.63) is 44.8 Å². The molecule has 0 saturated carbocycles. The molecule has 0 saturated heterocycles. The molecule has 18 heavy (non-hydrogen) atoms. The molecule has 0 aliphatic carbocycles. The van der Waals surface area contributed by atoms with E-state index in [1.54, 1.807) is 18.9 Å². The Morgan fingerprint density at radius 2 is 2.28 bits per heavy atom. The van der Waals surface area contributed by atoms with E-state index in [2.05, 4.69) is 27.5 Å². The number of aryl methyl sites for hydroxylation is 1. The number of aromatic amines is 1. The van der Waals surface area contributed by atoms with Gasteiger partial charge in [-0.15, -0.1) is 6.58 Å². The lowest BCUT2D eigenvalue weighted by molar-refractivity contribution is 0.0792. The van der Waals surface area contributed by atoms with Crippen LogP contribution in [0.1, 0.15) is 28.9 Å². The molecule has 0 spiro atoms. The van der Waals surface area contributed by atoms with Crippen LogP contribution in [-0.4, -0.2) is 29.4 Å². The summed E-state index contributed by atoms with van der Waals surface area (Å²) in [6.45, 7) is 6.01. The van der Waals surface area contributed by atoms with Gasteiger partial charge in [0, 0.05) is 25.5 Å². The predicted octanol–water partition coefficient (Wildman–Crippen LogP) is 2.48. The first kappa shape index (κ1) is 14.7. The van der Waals surface area contributed by atoms with E-state index >= 15 is 0 Å². The third-order valence-corrected chi connectivity index (χ3v) is 3.64. The number of pyridine rings is 1. The summed E-state index contributed by atoms with van der Waals surface area (Å²) in [6, 6.07) is 0. The first-order valence-electron chi connectivity index (χ1n) is 5.73. The average molecular weight is 313 g/mol. The van der Waals surface area contributed by atoms with Crippen molar-refractivity contribution in [1.82, 2.24) is 9.88 Å². The van der Waals surface area contributed by atoms with Gasteiger partial charge in [-0.25, -0.2) is 0 Å². The molecule has 4 nitrogen and oxygen atoms in total. The molecule has 0 fully saturated rings. The van der Waals surface area contributed by atoms with Crippen LogP contribution in [0.3, 0.4) is 0 Å². The summed E-state index contributed by atoms with van der Waals surface area (Å²) >= 11 is 3.18. The summed E-state index contributed by atoms with van der Waals surface area (Å²) < 4.78 is 0.410. The number of H-pyrrole nitrogens is 1. The third kappa shape index (κ3) is 3.32. The number of hydrogen-bond donors (Lipinski definition) is 1. The van der Waals surface area contributed by atoms with Crippen LogP contribution in [0.25, 0.3) is 0 Å². The number of rotatable bonds is 5. The largest absolute Gasteiger partial charge is 0.363 e. The summed E-state index contributed by atoms with van der Waals surface area (Å²) in [7, 11) is 1.69. The van der Waals surface area contributed by atoms with Gasteiger partial charge in [-0.05, 0) is 35.7 Å². The van der Waals surface area contributed by atoms with E-state index in [9.17, 15) is 9.59 Å². The molecular weight excluding hydrogens is 296 g/mol. The van der Waals surface area contributed by atoms with Crippen molar-refractivity contribution in [2.75, 3.05) is 13.6 Å². The van der Waals surface area contributed by atoms with Crippen LogP contribution in [0.4, 0.5) is 0 Å². The van der Waals surface area contributed by atoms with Crippen molar-refractivity contribution in [2.24, 2.45) is 0 Å². The molecule has 5 heteroatoms. The number of hydrogen-bond acceptors (Lipinski definition) is 2. The van der Waals surface area contributed by atoms with Crippen LogP contribution < -0.4 is 5.43 Å². The minimum Gasteiger partial charge on any atom is -0.363 e. The number of carbonyl (C=O) groups excluding carboxylic acids is 1. The van der Waals surface area contributed by atoms with Crippen molar-refractivity contribution >= 4 is 21.8 Å². The van der Waals surface area contributed by atoms with Gasteiger partial charge in [-0.2, -0.15) is 0 Å². The molecule has 0 unspecified atom stereocenters. The van der Waals surface area contributed by atoms with Crippen LogP contribution >= 0.6 is 15.9 Å². The van der Waals surface area contributed by atoms with E-state index in [0.717, 1.165) is 12.8 Å². The number of nitrogens with zero attached hydrogens (tertiary/aromatic N) is 1. The number of aromatic nitrogens is 1. The minimum absolute atomic E-state index is 0.161. The molecule has 0 aromatic carbocycles. The zero-order valence-corrected chi connectivity index (χ0v) is 12.2. The van der Waals surface area contributed by atoms with E-state index in [4.69, 9.17) is 0 Å². The fraction of sp³-hybridized carbons (Fsp3) is 0.385. The lowest BCUT2D eigenvalue weighted by atomic mass is 10.2. The Labute approximate surface area is 115 Å². The van der Waals surface area contributed by atoms with Crippen molar-refractivity contribution in [1.29, 1.82) is 0 Å². The highest BCUT2D eigenvalue weighted by molar-refractivity contribution is 9.10. The second-order valence-corrected chi connectivity index (χ2v) is 4.92. The Morgan fingerprint density at radius 1 is 1.61 bits per heavy atom. The van der Waals surface area contributed by atoms with Crippen molar-refractivity contribution < 1.29 is 4.79 Å². The number of unbranched alkanes of at least 4 members (excludes halogenated alkanes) is 1. The standard InChI is InChI=1S/C13H17BrN2O2/c1-4-5-6-7-16(3)13(18)10-8-15-9(2)11(14)12(10)17/h4,8H,1,5-7H2,2-3H3,(H,15,17). The van der Waals surface area contributed by atoms with E-state index in [0.29, 0.717) is 16.7 Å². The van der Waals surface area contributed by atoms with Crippen molar-refractivity contribution in [3.8, 4) is 0 Å². The fourth-order valence-corrected chi connectivity index (χ4v) is 1.86. The predicted molar refractivity (Wildman–Crippen MR) is 75.9 cm³/mol. The van der Waals surface area contributed by atoms with Gasteiger partial charge in [0.2, 0.25) is 5.43 Å². The quantitative estimate of drug-likeness (QED) is 0.671. The Balaban J connectivity index is 2.87. The summed E-state index contributed by atoms with van der Waals surface area (Å²) in [5.74, 6) is -0.263. The zero-order valence-electron chi connectivity index (χ0n) is 10.6. The molecule has 98 valence electrons. The van der Waals surface area contributed by atoms with E-state index < -0.39 is 0 Å². The monoisotopic (exact) mass is 312 g/mol. The number of halogens is 1. The molecule has 0 aliphatic heterocycles. The maximum atomic E-state index is 12.1. The smallest absolute Gasteiger partial charge is 0.259 e. The van der Waals surface area contributed by atoms with Gasteiger partial charge in [0.05, 0.1) is 4.47 Å². The molecule has 1 amide bonds. The molecule has 1 rings (SSSR count). The molecule has 0 atom stereocenters. The third-order valence-electron chi connectivity index (χ3n) is 2.69. The van der Waals surface area contributed by atoms with Gasteiger partial charge in [-0.3, -0.25) is 9.59 Å². The molecule has 0 bridgehead atoms. The second kappa shape index (κ2) is 6.54. The lowest BCUT2D eigenvalue weighted by Gasteiger charge is -2.16. The molecular formula is C13H17BrN2O2. The molecule has 1 aromatic heterocycles. The summed E-state index contributed by atoms with van der Waals surface area (Å²) in [5, 5.41) is 0. The van der Waals surface area contributed by atoms with Crippen LogP contribution in [0, 0.1) is 6.92 Å². The highest BCUT2D eigenvalue weighted by Crippen LogP contribution is 2.09. The van der Waals surface area contributed by atoms with Crippen molar-refractivity contribution in [2.45, 2.75) is 19.8 Å². The van der Waals surface area contributed by atoms with E-state index in [1.807, 2.05) is 6.08 Å². The van der Waals surface area contributed by atoms with Crippen LogP contribution in [0.2, 0.25) is 0 Å². The molecule has 1 heterocycles. The topological polar surface area (TPSA) is 53.2 Å². The van der Waals surface area contributed by atoms with Gasteiger partial charge in [0.1, 0.15) is 5.56 Å². The zero-order chi connectivity index (χ0) is 13.7. The van der Waals surface area contributed by atoms with Crippen LogP contribution in [0.15, 0.2) is 28.1 Å². The second-order valence-electron chi connectivity index (χ2n) is 4.13. The maximum absolute atomic E-state index is 12.1. The number of allylic oxidation sites excluding steroid dienone is 1. The highest BCUT2D eigenvalue weighted by Gasteiger charge is 2.17. The SMILES string of the molecule is C=CCCCN(C)C(=O)c1c[nH]c(C)c(Br)c1=O. The Bertz CT molecular complexity index is 508. The first-order valence-corrected chi connectivity index (χ1v) is 6.52. The average Bonchev–Trinajstić information content (AvgIpc) is 2.35. The number of carbonyl (C=O) groups is 1. The Hall–Kier alpha value is -1.36. The fourth-order valence-electron chi connectivity index (χ4n) is 1.54. The van der Waals surface area contributed by atoms with Gasteiger partial charge in [0.15, 0.2) is 0 Å².